The van der Waals surface area contributed by atoms with Crippen molar-refractivity contribution in [2.75, 3.05) is 6.54 Å². The normalized spacial score (nSPS) is 11.0. The summed E-state index contributed by atoms with van der Waals surface area (Å²) in [6, 6.07) is 11.9. The molecule has 0 radical (unpaired) electrons. The van der Waals surface area contributed by atoms with E-state index in [2.05, 4.69) is 26.5 Å². The molecule has 1 aromatic carbocycles. The van der Waals surface area contributed by atoms with Crippen LogP contribution in [0, 0.1) is 0 Å². The van der Waals surface area contributed by atoms with Gasteiger partial charge in [-0.05, 0) is 29.5 Å². The predicted molar refractivity (Wildman–Crippen MR) is 91.9 cm³/mol. The van der Waals surface area contributed by atoms with Gasteiger partial charge >= 0.3 is 11.8 Å². The average molecular weight is 338 g/mol. The van der Waals surface area contributed by atoms with Crippen LogP contribution in [0.4, 0.5) is 0 Å². The molecule has 0 aliphatic heterocycles. The Hall–Kier alpha value is -2.93. The van der Waals surface area contributed by atoms with Crippen molar-refractivity contribution in [3.63, 3.8) is 0 Å². The highest BCUT2D eigenvalue weighted by atomic mass is 32.1. The van der Waals surface area contributed by atoms with E-state index in [1.165, 1.54) is 16.7 Å². The molecule has 4 aromatic rings. The van der Waals surface area contributed by atoms with Gasteiger partial charge in [0.15, 0.2) is 0 Å². The standard InChI is InChI=1S/C17H14N4O2S/c22-16(17-20-15(21-23-17)14-6-3-9-24-14)18-8-7-11-10-19-13-5-2-1-4-12(11)13/h1-6,9-10,19H,7-8H2,(H,18,22). The Labute approximate surface area is 141 Å². The average Bonchev–Trinajstić information content (AvgIpc) is 3.35. The molecule has 7 heteroatoms. The Balaban J connectivity index is 1.38. The summed E-state index contributed by atoms with van der Waals surface area (Å²) in [5.74, 6) is 0.0641. The van der Waals surface area contributed by atoms with E-state index in [1.807, 2.05) is 41.9 Å². The van der Waals surface area contributed by atoms with Crippen LogP contribution in [0.1, 0.15) is 16.2 Å². The molecule has 3 aromatic heterocycles. The fourth-order valence-corrected chi connectivity index (χ4v) is 3.20. The van der Waals surface area contributed by atoms with Gasteiger partial charge < -0.3 is 14.8 Å². The van der Waals surface area contributed by atoms with Gasteiger partial charge in [-0.2, -0.15) is 4.98 Å². The molecule has 0 atom stereocenters. The van der Waals surface area contributed by atoms with Crippen molar-refractivity contribution in [2.24, 2.45) is 0 Å². The van der Waals surface area contributed by atoms with Crippen LogP contribution < -0.4 is 5.32 Å². The number of carbonyl (C=O) groups is 1. The summed E-state index contributed by atoms with van der Waals surface area (Å²) in [7, 11) is 0. The number of rotatable bonds is 5. The molecule has 24 heavy (non-hydrogen) atoms. The van der Waals surface area contributed by atoms with Crippen LogP contribution in [-0.2, 0) is 6.42 Å². The summed E-state index contributed by atoms with van der Waals surface area (Å²) in [6.07, 6.45) is 2.69. The molecule has 0 aliphatic carbocycles. The zero-order chi connectivity index (χ0) is 16.4. The number of nitrogens with one attached hydrogen (secondary N) is 2. The van der Waals surface area contributed by atoms with Crippen LogP contribution in [0.5, 0.6) is 0 Å². The molecule has 0 spiro atoms. The van der Waals surface area contributed by atoms with E-state index in [-0.39, 0.29) is 11.8 Å². The SMILES string of the molecule is O=C(NCCc1c[nH]c2ccccc12)c1nc(-c2cccs2)no1. The Morgan fingerprint density at radius 2 is 2.17 bits per heavy atom. The third kappa shape index (κ3) is 2.81. The van der Waals surface area contributed by atoms with Gasteiger partial charge in [-0.1, -0.05) is 29.4 Å². The monoisotopic (exact) mass is 338 g/mol. The maximum atomic E-state index is 12.1. The maximum Gasteiger partial charge on any atom is 0.316 e. The fraction of sp³-hybridized carbons (Fsp3) is 0.118. The second-order valence-electron chi connectivity index (χ2n) is 5.27. The number of para-hydroxylation sites is 1. The van der Waals surface area contributed by atoms with E-state index in [4.69, 9.17) is 4.52 Å². The maximum absolute atomic E-state index is 12.1. The highest BCUT2D eigenvalue weighted by Crippen LogP contribution is 2.21. The molecule has 0 bridgehead atoms. The van der Waals surface area contributed by atoms with Gasteiger partial charge in [-0.25, -0.2) is 0 Å². The minimum Gasteiger partial charge on any atom is -0.361 e. The quantitative estimate of drug-likeness (QED) is 0.585. The highest BCUT2D eigenvalue weighted by Gasteiger charge is 2.16. The summed E-state index contributed by atoms with van der Waals surface area (Å²) >= 11 is 1.50. The Kier molecular flexibility index (Phi) is 3.84. The molecular weight excluding hydrogens is 324 g/mol. The molecule has 2 N–H and O–H groups in total. The van der Waals surface area contributed by atoms with Crippen molar-refractivity contribution in [1.82, 2.24) is 20.4 Å². The Morgan fingerprint density at radius 1 is 1.25 bits per heavy atom. The predicted octanol–water partition coefficient (Wildman–Crippen LogP) is 3.25. The lowest BCUT2D eigenvalue weighted by Crippen LogP contribution is -2.25. The van der Waals surface area contributed by atoms with Crippen LogP contribution >= 0.6 is 11.3 Å². The van der Waals surface area contributed by atoms with E-state index >= 15 is 0 Å². The summed E-state index contributed by atoms with van der Waals surface area (Å²) in [5, 5.41) is 9.75. The number of carbonyl (C=O) groups excluding carboxylic acids is 1. The number of benzene rings is 1. The van der Waals surface area contributed by atoms with Crippen molar-refractivity contribution in [3.05, 3.63) is 59.4 Å². The van der Waals surface area contributed by atoms with Crippen LogP contribution in [0.2, 0.25) is 0 Å². The molecule has 0 saturated carbocycles. The lowest BCUT2D eigenvalue weighted by atomic mass is 10.1. The molecule has 4 rings (SSSR count). The lowest BCUT2D eigenvalue weighted by Gasteiger charge is -2.01. The smallest absolute Gasteiger partial charge is 0.316 e. The molecular formula is C17H14N4O2S. The summed E-state index contributed by atoms with van der Waals surface area (Å²) < 4.78 is 5.04. The Bertz CT molecular complexity index is 971. The van der Waals surface area contributed by atoms with Crippen LogP contribution in [-0.4, -0.2) is 27.6 Å². The fourth-order valence-electron chi connectivity index (χ4n) is 2.55. The first-order chi connectivity index (χ1) is 11.8. The number of nitrogens with zero attached hydrogens (tertiary/aromatic N) is 2. The van der Waals surface area contributed by atoms with Crippen LogP contribution in [0.15, 0.2) is 52.5 Å². The first-order valence-corrected chi connectivity index (χ1v) is 8.40. The van der Waals surface area contributed by atoms with Gasteiger partial charge in [0.1, 0.15) is 0 Å². The molecule has 1 amide bonds. The minimum atomic E-state index is -0.356. The van der Waals surface area contributed by atoms with Gasteiger partial charge in [0.2, 0.25) is 5.82 Å². The lowest BCUT2D eigenvalue weighted by molar-refractivity contribution is 0.0910. The molecule has 6 nitrogen and oxygen atoms in total. The molecule has 0 unspecified atom stereocenters. The number of H-pyrrole nitrogens is 1. The van der Waals surface area contributed by atoms with E-state index in [9.17, 15) is 4.79 Å². The molecule has 3 heterocycles. The van der Waals surface area contributed by atoms with E-state index < -0.39 is 0 Å². The van der Waals surface area contributed by atoms with Gasteiger partial charge in [0, 0.05) is 23.6 Å². The van der Waals surface area contributed by atoms with Gasteiger partial charge in [-0.3, -0.25) is 4.79 Å². The molecule has 0 fully saturated rings. The highest BCUT2D eigenvalue weighted by molar-refractivity contribution is 7.13. The van der Waals surface area contributed by atoms with Gasteiger partial charge in [-0.15, -0.1) is 11.3 Å². The second kappa shape index (κ2) is 6.29. The zero-order valence-corrected chi connectivity index (χ0v) is 13.5. The largest absolute Gasteiger partial charge is 0.361 e. The van der Waals surface area contributed by atoms with E-state index in [0.29, 0.717) is 12.4 Å². The first kappa shape index (κ1) is 14.6. The number of aromatic nitrogens is 3. The van der Waals surface area contributed by atoms with Crippen LogP contribution in [0.25, 0.3) is 21.6 Å². The minimum absolute atomic E-state index is 0.0164. The van der Waals surface area contributed by atoms with Crippen molar-refractivity contribution >= 4 is 28.1 Å². The van der Waals surface area contributed by atoms with Crippen molar-refractivity contribution < 1.29 is 9.32 Å². The first-order valence-electron chi connectivity index (χ1n) is 7.52. The van der Waals surface area contributed by atoms with Crippen molar-refractivity contribution in [3.8, 4) is 10.7 Å². The Morgan fingerprint density at radius 3 is 3.04 bits per heavy atom. The number of aromatic amines is 1. The third-order valence-electron chi connectivity index (χ3n) is 3.72. The van der Waals surface area contributed by atoms with Gasteiger partial charge in [0.05, 0.1) is 4.88 Å². The van der Waals surface area contributed by atoms with Crippen LogP contribution in [0.3, 0.4) is 0 Å². The zero-order valence-electron chi connectivity index (χ0n) is 12.7. The number of hydrogen-bond donors (Lipinski definition) is 2. The number of thiophene rings is 1. The second-order valence-corrected chi connectivity index (χ2v) is 6.21. The summed E-state index contributed by atoms with van der Waals surface area (Å²) in [6.45, 7) is 0.497. The van der Waals surface area contributed by atoms with E-state index in [0.717, 1.165) is 22.4 Å². The topological polar surface area (TPSA) is 83.8 Å². The molecule has 0 saturated heterocycles. The summed E-state index contributed by atoms with van der Waals surface area (Å²) in [5.41, 5.74) is 2.26. The molecule has 0 aliphatic rings. The summed E-state index contributed by atoms with van der Waals surface area (Å²) in [4.78, 5) is 20.3. The van der Waals surface area contributed by atoms with Crippen molar-refractivity contribution in [2.45, 2.75) is 6.42 Å². The number of fused-ring (bicyclic) bond motifs is 1. The number of hydrogen-bond acceptors (Lipinski definition) is 5. The number of amides is 1. The van der Waals surface area contributed by atoms with Crippen molar-refractivity contribution in [1.29, 1.82) is 0 Å². The van der Waals surface area contributed by atoms with E-state index in [1.54, 1.807) is 0 Å². The third-order valence-corrected chi connectivity index (χ3v) is 4.58. The van der Waals surface area contributed by atoms with Gasteiger partial charge in [0.25, 0.3) is 0 Å². The molecule has 120 valence electrons.